The second-order valence-electron chi connectivity index (χ2n) is 12.0. The van der Waals surface area contributed by atoms with Crippen molar-refractivity contribution in [2.75, 3.05) is 0 Å². The standard InChI is InChI=1S/3C6H11.3C6H5.2Sn/c6*1-2-4-6-5-3-1;;/h3*1H,2-6H2;3*1-5H;;. The summed E-state index contributed by atoms with van der Waals surface area (Å²) in [5, 5.41) is 0. The molecule has 0 aromatic heterocycles. The molecule has 0 heterocycles. The fourth-order valence-corrected chi connectivity index (χ4v) is 29.9. The van der Waals surface area contributed by atoms with Crippen molar-refractivity contribution in [3.63, 3.8) is 0 Å². The zero-order valence-electron chi connectivity index (χ0n) is 23.5. The maximum atomic E-state index is 2.29. The summed E-state index contributed by atoms with van der Waals surface area (Å²) >= 11 is -3.13. The summed E-state index contributed by atoms with van der Waals surface area (Å²) in [5.41, 5.74) is 0. The summed E-state index contributed by atoms with van der Waals surface area (Å²) < 4.78 is 8.55. The molecule has 3 saturated carbocycles. The van der Waals surface area contributed by atoms with Gasteiger partial charge in [-0.05, 0) is 0 Å². The Bertz CT molecular complexity index is 880. The molecule has 0 spiro atoms. The molecule has 6 rings (SSSR count). The normalized spacial score (nSPS) is 19.7. The van der Waals surface area contributed by atoms with Gasteiger partial charge in [-0.25, -0.2) is 0 Å². The molecule has 3 aromatic rings. The fourth-order valence-electron chi connectivity index (χ4n) is 7.62. The minimum atomic E-state index is -1.98. The third-order valence-corrected chi connectivity index (χ3v) is 30.2. The molecular formula is C36H48Sn2. The van der Waals surface area contributed by atoms with Crippen molar-refractivity contribution < 1.29 is 0 Å². The minimum absolute atomic E-state index is 1.15. The van der Waals surface area contributed by atoms with Crippen LogP contribution in [0.4, 0.5) is 0 Å². The summed E-state index contributed by atoms with van der Waals surface area (Å²) in [6, 6.07) is 32.9. The van der Waals surface area contributed by atoms with Gasteiger partial charge in [-0.2, -0.15) is 0 Å². The second-order valence-corrected chi connectivity index (χ2v) is 28.9. The van der Waals surface area contributed by atoms with Gasteiger partial charge >= 0.3 is 249 Å². The van der Waals surface area contributed by atoms with Crippen molar-refractivity contribution >= 4 is 50.3 Å². The molecule has 3 fully saturated rings. The molecule has 3 aromatic carbocycles. The summed E-state index contributed by atoms with van der Waals surface area (Å²) in [6.07, 6.45) is 24.2. The predicted octanol–water partition coefficient (Wildman–Crippen LogP) is 8.69. The molecule has 0 N–H and O–H groups in total. The van der Waals surface area contributed by atoms with Crippen LogP contribution in [0.5, 0.6) is 0 Å². The predicted molar refractivity (Wildman–Crippen MR) is 170 cm³/mol. The molecule has 0 nitrogen and oxygen atoms in total. The van der Waals surface area contributed by atoms with E-state index in [-0.39, 0.29) is 0 Å². The zero-order valence-corrected chi connectivity index (χ0v) is 29.2. The Kier molecular flexibility index (Phi) is 12.0. The SMILES string of the molecule is C1CC[CH]([Sn]([CH]2CCCCC2)[CH]2CCCCC2)CC1.c1cc[c]([Sn]([c]2ccccc2)[c]2ccccc2)cc1. The third kappa shape index (κ3) is 8.15. The quantitative estimate of drug-likeness (QED) is 0.224. The second kappa shape index (κ2) is 15.9. The Morgan fingerprint density at radius 2 is 0.605 bits per heavy atom. The molecule has 2 heteroatoms. The van der Waals surface area contributed by atoms with Crippen molar-refractivity contribution in [3.05, 3.63) is 91.0 Å². The molecule has 0 saturated heterocycles. The summed E-state index contributed by atoms with van der Waals surface area (Å²) in [6.45, 7) is 0. The van der Waals surface area contributed by atoms with E-state index in [1.165, 1.54) is 22.5 Å². The van der Waals surface area contributed by atoms with Gasteiger partial charge in [0.05, 0.1) is 0 Å². The van der Waals surface area contributed by atoms with Crippen LogP contribution in [0, 0.1) is 0 Å². The number of hydrogen-bond donors (Lipinski definition) is 0. The molecule has 0 aliphatic heterocycles. The van der Waals surface area contributed by atoms with Crippen LogP contribution in [0.2, 0.25) is 11.8 Å². The molecule has 38 heavy (non-hydrogen) atoms. The van der Waals surface area contributed by atoms with Crippen molar-refractivity contribution in [1.82, 2.24) is 0 Å². The Balaban J connectivity index is 0.000000155. The summed E-state index contributed by atoms with van der Waals surface area (Å²) in [4.78, 5) is 0. The maximum absolute atomic E-state index is 2.29. The van der Waals surface area contributed by atoms with Gasteiger partial charge in [0.15, 0.2) is 0 Å². The fraction of sp³-hybridized carbons (Fsp3) is 0.500. The van der Waals surface area contributed by atoms with Crippen LogP contribution in [-0.4, -0.2) is 39.5 Å². The van der Waals surface area contributed by atoms with Crippen molar-refractivity contribution in [1.29, 1.82) is 0 Å². The molecule has 0 bridgehead atoms. The van der Waals surface area contributed by atoms with E-state index in [9.17, 15) is 0 Å². The third-order valence-electron chi connectivity index (χ3n) is 9.42. The molecule has 0 unspecified atom stereocenters. The van der Waals surface area contributed by atoms with Gasteiger partial charge in [0.2, 0.25) is 0 Å². The molecule has 3 aliphatic carbocycles. The molecule has 0 atom stereocenters. The van der Waals surface area contributed by atoms with E-state index in [4.69, 9.17) is 0 Å². The monoisotopic (exact) mass is 720 g/mol. The summed E-state index contributed by atoms with van der Waals surface area (Å²) in [7, 11) is 0. The van der Waals surface area contributed by atoms with Crippen molar-refractivity contribution in [3.8, 4) is 0 Å². The van der Waals surface area contributed by atoms with Crippen LogP contribution >= 0.6 is 0 Å². The molecule has 200 valence electrons. The van der Waals surface area contributed by atoms with Crippen LogP contribution in [0.25, 0.3) is 0 Å². The molecule has 2 radical (unpaired) electrons. The van der Waals surface area contributed by atoms with Crippen molar-refractivity contribution in [2.45, 2.75) is 108 Å². The van der Waals surface area contributed by atoms with E-state index < -0.39 is 39.5 Å². The average molecular weight is 718 g/mol. The Hall–Kier alpha value is -0.743. The first-order valence-electron chi connectivity index (χ1n) is 15.8. The van der Waals surface area contributed by atoms with E-state index in [1.807, 2.05) is 0 Å². The van der Waals surface area contributed by atoms with Gasteiger partial charge < -0.3 is 0 Å². The van der Waals surface area contributed by atoms with Crippen LogP contribution in [0.3, 0.4) is 0 Å². The van der Waals surface area contributed by atoms with E-state index in [0.717, 1.165) is 0 Å². The Labute approximate surface area is 247 Å². The van der Waals surface area contributed by atoms with Crippen LogP contribution in [-0.2, 0) is 0 Å². The van der Waals surface area contributed by atoms with E-state index in [0.29, 0.717) is 0 Å². The van der Waals surface area contributed by atoms with Gasteiger partial charge in [-0.1, -0.05) is 0 Å². The Morgan fingerprint density at radius 3 is 0.868 bits per heavy atom. The Morgan fingerprint density at radius 1 is 0.342 bits per heavy atom. The number of hydrogen-bond acceptors (Lipinski definition) is 0. The van der Waals surface area contributed by atoms with Crippen LogP contribution in [0.15, 0.2) is 91.0 Å². The van der Waals surface area contributed by atoms with Gasteiger partial charge in [0, 0.05) is 0 Å². The van der Waals surface area contributed by atoms with E-state index in [1.54, 1.807) is 96.3 Å². The zero-order chi connectivity index (χ0) is 25.8. The average Bonchev–Trinajstić information content (AvgIpc) is 3.01. The van der Waals surface area contributed by atoms with Crippen molar-refractivity contribution in [2.24, 2.45) is 0 Å². The molecule has 0 amide bonds. The summed E-state index contributed by atoms with van der Waals surface area (Å²) in [5.74, 6) is 0. The van der Waals surface area contributed by atoms with Crippen LogP contribution < -0.4 is 10.7 Å². The van der Waals surface area contributed by atoms with Gasteiger partial charge in [-0.15, -0.1) is 0 Å². The van der Waals surface area contributed by atoms with Gasteiger partial charge in [0.25, 0.3) is 0 Å². The van der Waals surface area contributed by atoms with Gasteiger partial charge in [-0.3, -0.25) is 0 Å². The van der Waals surface area contributed by atoms with E-state index in [2.05, 4.69) is 91.0 Å². The first-order chi connectivity index (χ1) is 18.9. The first-order valence-corrected chi connectivity index (χ1v) is 25.0. The molecule has 3 aliphatic rings. The van der Waals surface area contributed by atoms with E-state index >= 15 is 0 Å². The van der Waals surface area contributed by atoms with Gasteiger partial charge in [0.1, 0.15) is 0 Å². The first kappa shape index (κ1) is 28.8. The number of rotatable bonds is 6. The number of benzene rings is 3. The van der Waals surface area contributed by atoms with Crippen LogP contribution in [0.1, 0.15) is 96.3 Å². The topological polar surface area (TPSA) is 0 Å². The molecular weight excluding hydrogens is 670 g/mol.